The molecule has 0 aliphatic carbocycles. The number of hydrogen-bond donors (Lipinski definition) is 0. The molecule has 2 aliphatic rings. The van der Waals surface area contributed by atoms with Gasteiger partial charge in [-0.25, -0.2) is 0 Å². The van der Waals surface area contributed by atoms with Gasteiger partial charge in [-0.05, 0) is 37.0 Å². The van der Waals surface area contributed by atoms with Gasteiger partial charge in [-0.2, -0.15) is 0 Å². The average Bonchev–Trinajstić information content (AvgIpc) is 3.34. The monoisotopic (exact) mass is 438 g/mol. The summed E-state index contributed by atoms with van der Waals surface area (Å²) in [6.07, 6.45) is 5.13. The number of hydrogen-bond acceptors (Lipinski definition) is 5. The van der Waals surface area contributed by atoms with Crippen molar-refractivity contribution in [1.29, 1.82) is 0 Å². The van der Waals surface area contributed by atoms with Crippen molar-refractivity contribution in [2.45, 2.75) is 32.4 Å². The molecule has 0 saturated carbocycles. The summed E-state index contributed by atoms with van der Waals surface area (Å²) in [5.74, 6) is 1.14. The van der Waals surface area contributed by atoms with Crippen molar-refractivity contribution in [3.8, 4) is 0 Å². The van der Waals surface area contributed by atoms with E-state index in [4.69, 9.17) is 4.42 Å². The third-order valence-electron chi connectivity index (χ3n) is 6.39. The molecule has 0 bridgehead atoms. The molecule has 2 amide bonds. The number of furan rings is 1. The summed E-state index contributed by atoms with van der Waals surface area (Å²) in [4.78, 5) is 34.0. The largest absolute Gasteiger partial charge is 0.467 e. The van der Waals surface area contributed by atoms with Crippen LogP contribution in [0.15, 0.2) is 53.1 Å². The van der Waals surface area contributed by atoms with Crippen LogP contribution in [0.2, 0.25) is 0 Å². The molecule has 2 fully saturated rings. The first-order valence-corrected chi connectivity index (χ1v) is 11.7. The van der Waals surface area contributed by atoms with Crippen LogP contribution in [0.3, 0.4) is 0 Å². The Morgan fingerprint density at radius 1 is 0.781 bits per heavy atom. The van der Waals surface area contributed by atoms with Crippen molar-refractivity contribution in [3.05, 3.63) is 60.1 Å². The number of carbonyl (C=O) groups excluding carboxylic acids is 2. The molecule has 3 heterocycles. The van der Waals surface area contributed by atoms with Crippen LogP contribution in [0.25, 0.3) is 0 Å². The van der Waals surface area contributed by atoms with Crippen molar-refractivity contribution in [2.75, 3.05) is 52.4 Å². The molecule has 0 atom stereocenters. The fraction of sp³-hybridized carbons (Fsp3) is 0.520. The van der Waals surface area contributed by atoms with Gasteiger partial charge >= 0.3 is 0 Å². The first-order chi connectivity index (χ1) is 15.7. The number of benzene rings is 1. The van der Waals surface area contributed by atoms with Gasteiger partial charge in [-0.3, -0.25) is 19.4 Å². The SMILES string of the molecule is O=C(CN1CCN(CC(=O)N(Cc2ccccc2)Cc2ccco2)CC1)N1CCCCC1. The average molecular weight is 439 g/mol. The van der Waals surface area contributed by atoms with Gasteiger partial charge < -0.3 is 14.2 Å². The molecule has 0 N–H and O–H groups in total. The van der Waals surface area contributed by atoms with E-state index < -0.39 is 0 Å². The molecule has 0 unspecified atom stereocenters. The quantitative estimate of drug-likeness (QED) is 0.634. The predicted molar refractivity (Wildman–Crippen MR) is 123 cm³/mol. The normalized spacial score (nSPS) is 17.9. The van der Waals surface area contributed by atoms with E-state index >= 15 is 0 Å². The van der Waals surface area contributed by atoms with E-state index in [0.29, 0.717) is 26.2 Å². The van der Waals surface area contributed by atoms with Gasteiger partial charge in [0.2, 0.25) is 11.8 Å². The second-order valence-electron chi connectivity index (χ2n) is 8.81. The van der Waals surface area contributed by atoms with Crippen LogP contribution in [0.4, 0.5) is 0 Å². The van der Waals surface area contributed by atoms with E-state index in [-0.39, 0.29) is 11.8 Å². The van der Waals surface area contributed by atoms with Crippen molar-refractivity contribution < 1.29 is 14.0 Å². The molecule has 172 valence electrons. The Bertz CT molecular complexity index is 841. The van der Waals surface area contributed by atoms with Gasteiger partial charge in [0, 0.05) is 45.8 Å². The lowest BCUT2D eigenvalue weighted by Gasteiger charge is -2.36. The Balaban J connectivity index is 1.27. The van der Waals surface area contributed by atoms with Crippen LogP contribution in [0, 0.1) is 0 Å². The number of piperazine rings is 1. The number of likely N-dealkylation sites (tertiary alicyclic amines) is 1. The Morgan fingerprint density at radius 2 is 1.47 bits per heavy atom. The number of piperidine rings is 1. The summed E-state index contributed by atoms with van der Waals surface area (Å²) in [6.45, 7) is 6.98. The van der Waals surface area contributed by atoms with Crippen LogP contribution in [0.5, 0.6) is 0 Å². The maximum atomic E-state index is 13.2. The van der Waals surface area contributed by atoms with Crippen molar-refractivity contribution in [3.63, 3.8) is 0 Å². The summed E-state index contributed by atoms with van der Waals surface area (Å²) >= 11 is 0. The number of rotatable bonds is 8. The zero-order chi connectivity index (χ0) is 22.2. The number of amides is 2. The van der Waals surface area contributed by atoms with Crippen molar-refractivity contribution in [1.82, 2.24) is 19.6 Å². The van der Waals surface area contributed by atoms with E-state index in [0.717, 1.165) is 63.4 Å². The van der Waals surface area contributed by atoms with Crippen LogP contribution >= 0.6 is 0 Å². The van der Waals surface area contributed by atoms with Crippen molar-refractivity contribution >= 4 is 11.8 Å². The molecule has 0 radical (unpaired) electrons. The molecule has 7 heteroatoms. The van der Waals surface area contributed by atoms with Gasteiger partial charge in [-0.15, -0.1) is 0 Å². The molecule has 4 rings (SSSR count). The Kier molecular flexibility index (Phi) is 7.96. The zero-order valence-electron chi connectivity index (χ0n) is 18.8. The molecular formula is C25H34N4O3. The van der Waals surface area contributed by atoms with E-state index in [1.54, 1.807) is 6.26 Å². The van der Waals surface area contributed by atoms with E-state index in [9.17, 15) is 9.59 Å². The van der Waals surface area contributed by atoms with Crippen LogP contribution in [-0.4, -0.2) is 83.8 Å². The molecule has 32 heavy (non-hydrogen) atoms. The van der Waals surface area contributed by atoms with E-state index in [1.807, 2.05) is 52.3 Å². The topological polar surface area (TPSA) is 60.2 Å². The Labute approximate surface area is 190 Å². The third kappa shape index (κ3) is 6.43. The highest BCUT2D eigenvalue weighted by Crippen LogP contribution is 2.13. The smallest absolute Gasteiger partial charge is 0.237 e. The molecular weight excluding hydrogens is 404 g/mol. The van der Waals surface area contributed by atoms with Crippen LogP contribution in [-0.2, 0) is 22.7 Å². The molecule has 7 nitrogen and oxygen atoms in total. The highest BCUT2D eigenvalue weighted by atomic mass is 16.3. The lowest BCUT2D eigenvalue weighted by molar-refractivity contribution is -0.136. The minimum Gasteiger partial charge on any atom is -0.467 e. The molecule has 1 aromatic heterocycles. The van der Waals surface area contributed by atoms with Crippen LogP contribution < -0.4 is 0 Å². The van der Waals surface area contributed by atoms with Gasteiger partial charge in [-0.1, -0.05) is 30.3 Å². The highest BCUT2D eigenvalue weighted by Gasteiger charge is 2.25. The lowest BCUT2D eigenvalue weighted by atomic mass is 10.1. The summed E-state index contributed by atoms with van der Waals surface area (Å²) in [6, 6.07) is 13.8. The number of carbonyl (C=O) groups is 2. The first kappa shape index (κ1) is 22.6. The maximum absolute atomic E-state index is 13.2. The molecule has 1 aromatic carbocycles. The zero-order valence-corrected chi connectivity index (χ0v) is 18.8. The predicted octanol–water partition coefficient (Wildman–Crippen LogP) is 2.44. The minimum absolute atomic E-state index is 0.100. The fourth-order valence-corrected chi connectivity index (χ4v) is 4.46. The third-order valence-corrected chi connectivity index (χ3v) is 6.39. The van der Waals surface area contributed by atoms with E-state index in [1.165, 1.54) is 6.42 Å². The fourth-order valence-electron chi connectivity index (χ4n) is 4.46. The minimum atomic E-state index is 0.100. The van der Waals surface area contributed by atoms with Crippen LogP contribution in [0.1, 0.15) is 30.6 Å². The first-order valence-electron chi connectivity index (χ1n) is 11.7. The highest BCUT2D eigenvalue weighted by molar-refractivity contribution is 5.79. The summed E-state index contributed by atoms with van der Waals surface area (Å²) < 4.78 is 5.49. The summed E-state index contributed by atoms with van der Waals surface area (Å²) in [5, 5.41) is 0. The molecule has 2 saturated heterocycles. The summed E-state index contributed by atoms with van der Waals surface area (Å²) in [5.41, 5.74) is 1.11. The Hall–Kier alpha value is -2.64. The second-order valence-corrected chi connectivity index (χ2v) is 8.81. The van der Waals surface area contributed by atoms with Gasteiger partial charge in [0.1, 0.15) is 5.76 Å². The number of nitrogens with zero attached hydrogens (tertiary/aromatic N) is 4. The standard InChI is InChI=1S/C25H34N4O3/c30-24(28-11-5-2-6-12-28)20-26-13-15-27(16-14-26)21-25(31)29(19-23-10-7-17-32-23)18-22-8-3-1-4-9-22/h1,3-4,7-10,17H,2,5-6,11-16,18-21H2. The van der Waals surface area contributed by atoms with Crippen molar-refractivity contribution in [2.24, 2.45) is 0 Å². The molecule has 2 aliphatic heterocycles. The molecule has 0 spiro atoms. The second kappa shape index (κ2) is 11.3. The van der Waals surface area contributed by atoms with Gasteiger partial charge in [0.15, 0.2) is 0 Å². The summed E-state index contributed by atoms with van der Waals surface area (Å²) in [7, 11) is 0. The van der Waals surface area contributed by atoms with Gasteiger partial charge in [0.05, 0.1) is 25.9 Å². The molecule has 2 aromatic rings. The maximum Gasteiger partial charge on any atom is 0.237 e. The van der Waals surface area contributed by atoms with E-state index in [2.05, 4.69) is 9.80 Å². The van der Waals surface area contributed by atoms with Gasteiger partial charge in [0.25, 0.3) is 0 Å². The lowest BCUT2D eigenvalue weighted by Crippen LogP contribution is -2.52. The Morgan fingerprint density at radius 3 is 2.12 bits per heavy atom.